The second-order valence-electron chi connectivity index (χ2n) is 5.17. The highest BCUT2D eigenvalue weighted by Gasteiger charge is 2.50. The zero-order valence-electron chi connectivity index (χ0n) is 11.6. The molecule has 2 aromatic rings. The molecule has 20 heavy (non-hydrogen) atoms. The van der Waals surface area contributed by atoms with Gasteiger partial charge in [0.25, 0.3) is 0 Å². The molecule has 0 bridgehead atoms. The predicted octanol–water partition coefficient (Wildman–Crippen LogP) is 2.90. The summed E-state index contributed by atoms with van der Waals surface area (Å²) >= 11 is 3.49. The standard InChI is InChI=1S/C15H18BrN3O/c1-20-10-9-19-13(11-16)17-18-14(19)15(7-8-15)12-5-3-2-4-6-12/h2-6H,7-11H2,1H3. The first-order chi connectivity index (χ1) is 9.81. The number of halogens is 1. The lowest BCUT2D eigenvalue weighted by Crippen LogP contribution is -2.19. The molecule has 0 saturated heterocycles. The normalized spacial score (nSPS) is 16.3. The zero-order valence-corrected chi connectivity index (χ0v) is 13.1. The number of benzene rings is 1. The van der Waals surface area contributed by atoms with Gasteiger partial charge in [-0.15, -0.1) is 10.2 Å². The number of rotatable bonds is 6. The van der Waals surface area contributed by atoms with E-state index in [9.17, 15) is 0 Å². The topological polar surface area (TPSA) is 39.9 Å². The van der Waals surface area contributed by atoms with Crippen molar-refractivity contribution in [2.45, 2.75) is 30.1 Å². The molecule has 3 rings (SSSR count). The van der Waals surface area contributed by atoms with Crippen molar-refractivity contribution in [3.63, 3.8) is 0 Å². The summed E-state index contributed by atoms with van der Waals surface area (Å²) in [5.41, 5.74) is 1.40. The highest BCUT2D eigenvalue weighted by molar-refractivity contribution is 9.08. The molecule has 0 radical (unpaired) electrons. The second-order valence-corrected chi connectivity index (χ2v) is 5.73. The summed E-state index contributed by atoms with van der Waals surface area (Å²) in [4.78, 5) is 0. The summed E-state index contributed by atoms with van der Waals surface area (Å²) < 4.78 is 7.42. The summed E-state index contributed by atoms with van der Waals surface area (Å²) in [6, 6.07) is 10.6. The van der Waals surface area contributed by atoms with Crippen LogP contribution in [0.25, 0.3) is 0 Å². The van der Waals surface area contributed by atoms with Crippen LogP contribution in [0.4, 0.5) is 0 Å². The molecule has 1 aromatic carbocycles. The van der Waals surface area contributed by atoms with Gasteiger partial charge in [-0.05, 0) is 18.4 Å². The van der Waals surface area contributed by atoms with E-state index in [1.807, 2.05) is 0 Å². The molecule has 0 aliphatic heterocycles. The largest absolute Gasteiger partial charge is 0.383 e. The first-order valence-corrected chi connectivity index (χ1v) is 7.97. The Kier molecular flexibility index (Phi) is 3.89. The predicted molar refractivity (Wildman–Crippen MR) is 81.0 cm³/mol. The van der Waals surface area contributed by atoms with Crippen molar-refractivity contribution in [1.82, 2.24) is 14.8 Å². The molecule has 0 atom stereocenters. The summed E-state index contributed by atoms with van der Waals surface area (Å²) in [5.74, 6) is 2.05. The van der Waals surface area contributed by atoms with Gasteiger partial charge in [-0.1, -0.05) is 46.3 Å². The fourth-order valence-electron chi connectivity index (χ4n) is 2.73. The molecule has 0 amide bonds. The lowest BCUT2D eigenvalue weighted by atomic mass is 9.95. The molecule has 1 fully saturated rings. The minimum Gasteiger partial charge on any atom is -0.383 e. The lowest BCUT2D eigenvalue weighted by Gasteiger charge is -2.17. The van der Waals surface area contributed by atoms with Crippen LogP contribution in [0.3, 0.4) is 0 Å². The van der Waals surface area contributed by atoms with Gasteiger partial charge >= 0.3 is 0 Å². The molecule has 1 aliphatic carbocycles. The van der Waals surface area contributed by atoms with Crippen LogP contribution in [-0.4, -0.2) is 28.5 Å². The average molecular weight is 336 g/mol. The van der Waals surface area contributed by atoms with Gasteiger partial charge in [0.05, 0.1) is 17.4 Å². The number of alkyl halides is 1. The zero-order chi connectivity index (χ0) is 14.0. The number of methoxy groups -OCH3 is 1. The van der Waals surface area contributed by atoms with Crippen molar-refractivity contribution in [2.24, 2.45) is 0 Å². The van der Waals surface area contributed by atoms with Crippen LogP contribution < -0.4 is 0 Å². The number of hydrogen-bond donors (Lipinski definition) is 0. The lowest BCUT2D eigenvalue weighted by molar-refractivity contribution is 0.185. The van der Waals surface area contributed by atoms with Crippen molar-refractivity contribution in [1.29, 1.82) is 0 Å². The molecule has 5 heteroatoms. The number of ether oxygens (including phenoxy) is 1. The Morgan fingerprint density at radius 1 is 1.25 bits per heavy atom. The van der Waals surface area contributed by atoms with Gasteiger partial charge in [0, 0.05) is 13.7 Å². The number of nitrogens with zero attached hydrogens (tertiary/aromatic N) is 3. The Morgan fingerprint density at radius 3 is 2.60 bits per heavy atom. The molecular formula is C15H18BrN3O. The summed E-state index contributed by atoms with van der Waals surface area (Å²) in [5, 5.41) is 9.52. The third-order valence-corrected chi connectivity index (χ3v) is 4.47. The highest BCUT2D eigenvalue weighted by atomic mass is 79.9. The molecule has 106 valence electrons. The van der Waals surface area contributed by atoms with E-state index in [2.05, 4.69) is 61.0 Å². The van der Waals surface area contributed by atoms with E-state index in [4.69, 9.17) is 4.74 Å². The van der Waals surface area contributed by atoms with Crippen LogP contribution >= 0.6 is 15.9 Å². The van der Waals surface area contributed by atoms with Gasteiger partial charge < -0.3 is 9.30 Å². The van der Waals surface area contributed by atoms with E-state index in [0.29, 0.717) is 11.9 Å². The van der Waals surface area contributed by atoms with Crippen LogP contribution in [0.15, 0.2) is 30.3 Å². The van der Waals surface area contributed by atoms with Crippen molar-refractivity contribution >= 4 is 15.9 Å². The summed E-state index contributed by atoms with van der Waals surface area (Å²) in [7, 11) is 1.72. The van der Waals surface area contributed by atoms with Crippen molar-refractivity contribution in [3.8, 4) is 0 Å². The SMILES string of the molecule is COCCn1c(CBr)nnc1C1(c2ccccc2)CC1. The van der Waals surface area contributed by atoms with Gasteiger partial charge in [-0.2, -0.15) is 0 Å². The fraction of sp³-hybridized carbons (Fsp3) is 0.467. The fourth-order valence-corrected chi connectivity index (χ4v) is 3.14. The van der Waals surface area contributed by atoms with Crippen molar-refractivity contribution in [3.05, 3.63) is 47.5 Å². The smallest absolute Gasteiger partial charge is 0.143 e. The Morgan fingerprint density at radius 2 is 2.00 bits per heavy atom. The first-order valence-electron chi connectivity index (χ1n) is 6.85. The van der Waals surface area contributed by atoms with Crippen molar-refractivity contribution < 1.29 is 4.74 Å². The van der Waals surface area contributed by atoms with Crippen LogP contribution in [0.1, 0.15) is 30.1 Å². The molecule has 0 unspecified atom stereocenters. The Bertz CT molecular complexity index is 578. The summed E-state index contributed by atoms with van der Waals surface area (Å²) in [6.45, 7) is 1.48. The quantitative estimate of drug-likeness (QED) is 0.762. The van der Waals surface area contributed by atoms with E-state index in [-0.39, 0.29) is 5.41 Å². The monoisotopic (exact) mass is 335 g/mol. The average Bonchev–Trinajstić information content (AvgIpc) is 3.20. The Labute approximate surface area is 127 Å². The first kappa shape index (κ1) is 13.8. The maximum atomic E-state index is 5.22. The molecule has 4 nitrogen and oxygen atoms in total. The number of hydrogen-bond acceptors (Lipinski definition) is 3. The van der Waals surface area contributed by atoms with E-state index >= 15 is 0 Å². The molecule has 0 N–H and O–H groups in total. The van der Waals surface area contributed by atoms with E-state index in [1.54, 1.807) is 7.11 Å². The van der Waals surface area contributed by atoms with E-state index < -0.39 is 0 Å². The third kappa shape index (κ3) is 2.29. The summed E-state index contributed by atoms with van der Waals surface area (Å²) in [6.07, 6.45) is 2.29. The minimum atomic E-state index is 0.0580. The van der Waals surface area contributed by atoms with Crippen LogP contribution in [0.5, 0.6) is 0 Å². The maximum Gasteiger partial charge on any atom is 0.143 e. The maximum absolute atomic E-state index is 5.22. The van der Waals surface area contributed by atoms with Gasteiger partial charge in [0.1, 0.15) is 11.6 Å². The molecule has 0 spiro atoms. The van der Waals surface area contributed by atoms with Crippen LogP contribution in [0, 0.1) is 0 Å². The van der Waals surface area contributed by atoms with Crippen LogP contribution in [-0.2, 0) is 22.0 Å². The molecular weight excluding hydrogens is 318 g/mol. The Balaban J connectivity index is 2.00. The molecule has 1 aromatic heterocycles. The van der Waals surface area contributed by atoms with Gasteiger partial charge in [0.2, 0.25) is 0 Å². The van der Waals surface area contributed by atoms with E-state index in [1.165, 1.54) is 5.56 Å². The van der Waals surface area contributed by atoms with Crippen molar-refractivity contribution in [2.75, 3.05) is 13.7 Å². The second kappa shape index (κ2) is 5.66. The molecule has 1 aliphatic rings. The van der Waals surface area contributed by atoms with Gasteiger partial charge in [-0.3, -0.25) is 0 Å². The third-order valence-electron chi connectivity index (χ3n) is 3.97. The number of aromatic nitrogens is 3. The van der Waals surface area contributed by atoms with Crippen LogP contribution in [0.2, 0.25) is 0 Å². The highest BCUT2D eigenvalue weighted by Crippen LogP contribution is 2.52. The Hall–Kier alpha value is -1.20. The molecule has 1 saturated carbocycles. The van der Waals surface area contributed by atoms with Gasteiger partial charge in [-0.25, -0.2) is 0 Å². The molecule has 1 heterocycles. The van der Waals surface area contributed by atoms with E-state index in [0.717, 1.165) is 31.0 Å². The minimum absolute atomic E-state index is 0.0580. The van der Waals surface area contributed by atoms with Gasteiger partial charge in [0.15, 0.2) is 0 Å².